The van der Waals surface area contributed by atoms with Crippen molar-refractivity contribution in [2.75, 3.05) is 13.1 Å². The molecular formula is C12H14N2O4S. The summed E-state index contributed by atoms with van der Waals surface area (Å²) in [6, 6.07) is 6.31. The van der Waals surface area contributed by atoms with Gasteiger partial charge < -0.3 is 10.2 Å². The van der Waals surface area contributed by atoms with Crippen molar-refractivity contribution in [1.82, 2.24) is 4.31 Å². The van der Waals surface area contributed by atoms with Crippen LogP contribution >= 0.6 is 0 Å². The van der Waals surface area contributed by atoms with Gasteiger partial charge in [-0.2, -0.15) is 9.57 Å². The van der Waals surface area contributed by atoms with Crippen molar-refractivity contribution in [1.29, 1.82) is 5.26 Å². The largest absolute Gasteiger partial charge is 0.389 e. The number of nitrogens with zero attached hydrogens (tertiary/aromatic N) is 2. The van der Waals surface area contributed by atoms with E-state index in [9.17, 15) is 18.6 Å². The summed E-state index contributed by atoms with van der Waals surface area (Å²) in [6.45, 7) is 1.36. The van der Waals surface area contributed by atoms with E-state index in [1.54, 1.807) is 19.1 Å². The first kappa shape index (κ1) is 14.0. The number of aliphatic hydroxyl groups excluding tert-OH is 2. The summed E-state index contributed by atoms with van der Waals surface area (Å²) in [4.78, 5) is 0.0350. The van der Waals surface area contributed by atoms with Gasteiger partial charge in [0.25, 0.3) is 0 Å². The highest BCUT2D eigenvalue weighted by Crippen LogP contribution is 2.24. The Morgan fingerprint density at radius 3 is 2.42 bits per heavy atom. The van der Waals surface area contributed by atoms with Crippen LogP contribution in [-0.2, 0) is 10.0 Å². The molecule has 1 heterocycles. The van der Waals surface area contributed by atoms with E-state index < -0.39 is 22.2 Å². The smallest absolute Gasteiger partial charge is 0.243 e. The first-order chi connectivity index (χ1) is 8.86. The Morgan fingerprint density at radius 2 is 1.89 bits per heavy atom. The lowest BCUT2D eigenvalue weighted by molar-refractivity contribution is 0.0572. The normalized spacial score (nSPS) is 24.3. The molecule has 1 aromatic carbocycles. The molecular weight excluding hydrogens is 268 g/mol. The van der Waals surface area contributed by atoms with Crippen LogP contribution in [0.3, 0.4) is 0 Å². The quantitative estimate of drug-likeness (QED) is 0.768. The maximum atomic E-state index is 12.4. The third kappa shape index (κ3) is 2.48. The molecule has 0 radical (unpaired) electrons. The summed E-state index contributed by atoms with van der Waals surface area (Å²) in [5.41, 5.74) is 0.777. The third-order valence-corrected chi connectivity index (χ3v) is 5.13. The molecule has 1 fully saturated rings. The van der Waals surface area contributed by atoms with Gasteiger partial charge in [0, 0.05) is 13.1 Å². The van der Waals surface area contributed by atoms with Gasteiger partial charge >= 0.3 is 0 Å². The third-order valence-electron chi connectivity index (χ3n) is 3.16. The summed E-state index contributed by atoms with van der Waals surface area (Å²) >= 11 is 0. The average molecular weight is 282 g/mol. The Kier molecular flexibility index (Phi) is 3.60. The average Bonchev–Trinajstić information content (AvgIpc) is 2.71. The lowest BCUT2D eigenvalue weighted by atomic mass is 10.2. The Balaban J connectivity index is 2.43. The molecule has 1 aromatic rings. The second kappa shape index (κ2) is 4.90. The second-order valence-corrected chi connectivity index (χ2v) is 6.46. The van der Waals surface area contributed by atoms with Crippen molar-refractivity contribution in [3.8, 4) is 6.07 Å². The van der Waals surface area contributed by atoms with E-state index in [1.807, 2.05) is 6.07 Å². The molecule has 6 nitrogen and oxygen atoms in total. The molecule has 102 valence electrons. The molecule has 0 bridgehead atoms. The van der Waals surface area contributed by atoms with Gasteiger partial charge in [0.2, 0.25) is 10.0 Å². The topological polar surface area (TPSA) is 102 Å². The molecule has 1 aliphatic rings. The molecule has 0 aromatic heterocycles. The summed E-state index contributed by atoms with van der Waals surface area (Å²) in [5.74, 6) is 0. The van der Waals surface area contributed by atoms with Crippen LogP contribution in [0.1, 0.15) is 11.1 Å². The maximum absolute atomic E-state index is 12.4. The van der Waals surface area contributed by atoms with Crippen molar-refractivity contribution in [2.24, 2.45) is 0 Å². The molecule has 0 saturated carbocycles. The number of sulfonamides is 1. The fourth-order valence-corrected chi connectivity index (χ4v) is 3.75. The van der Waals surface area contributed by atoms with E-state index in [4.69, 9.17) is 5.26 Å². The van der Waals surface area contributed by atoms with Crippen LogP contribution in [-0.4, -0.2) is 48.2 Å². The number of rotatable bonds is 2. The molecule has 19 heavy (non-hydrogen) atoms. The van der Waals surface area contributed by atoms with Crippen molar-refractivity contribution in [3.63, 3.8) is 0 Å². The summed E-state index contributed by atoms with van der Waals surface area (Å²) < 4.78 is 25.9. The van der Waals surface area contributed by atoms with Gasteiger partial charge in [-0.3, -0.25) is 0 Å². The number of aliphatic hydroxyl groups is 2. The van der Waals surface area contributed by atoms with Crippen LogP contribution in [0.15, 0.2) is 23.1 Å². The first-order valence-corrected chi connectivity index (χ1v) is 7.17. The van der Waals surface area contributed by atoms with Gasteiger partial charge in [0.05, 0.1) is 28.7 Å². The van der Waals surface area contributed by atoms with Crippen LogP contribution in [0.2, 0.25) is 0 Å². The van der Waals surface area contributed by atoms with Gasteiger partial charge in [-0.1, -0.05) is 6.07 Å². The standard InChI is InChI=1S/C12H14N2O4S/c1-8-2-3-9(5-13)4-12(8)19(17,18)14-6-10(15)11(16)7-14/h2-4,10-11,15-16H,6-7H2,1H3/t10-,11+. The predicted octanol–water partition coefficient (Wildman–Crippen LogP) is -0.407. The number of nitriles is 1. The monoisotopic (exact) mass is 282 g/mol. The summed E-state index contributed by atoms with van der Waals surface area (Å²) in [6.07, 6.45) is -2.15. The van der Waals surface area contributed by atoms with Crippen molar-refractivity contribution in [3.05, 3.63) is 29.3 Å². The Bertz CT molecular complexity index is 626. The highest BCUT2D eigenvalue weighted by atomic mass is 32.2. The SMILES string of the molecule is Cc1ccc(C#N)cc1S(=O)(=O)N1C[C@@H](O)[C@@H](O)C1. The second-order valence-electron chi connectivity index (χ2n) is 4.55. The predicted molar refractivity (Wildman–Crippen MR) is 66.7 cm³/mol. The van der Waals surface area contributed by atoms with Gasteiger partial charge in [-0.15, -0.1) is 0 Å². The van der Waals surface area contributed by atoms with E-state index in [0.29, 0.717) is 5.56 Å². The van der Waals surface area contributed by atoms with E-state index in [2.05, 4.69) is 0 Å². The molecule has 0 amide bonds. The highest BCUT2D eigenvalue weighted by Gasteiger charge is 2.38. The molecule has 1 saturated heterocycles. The lowest BCUT2D eigenvalue weighted by Gasteiger charge is -2.17. The minimum Gasteiger partial charge on any atom is -0.389 e. The molecule has 2 rings (SSSR count). The Morgan fingerprint density at radius 1 is 1.32 bits per heavy atom. The van der Waals surface area contributed by atoms with Gasteiger partial charge in [0.15, 0.2) is 0 Å². The van der Waals surface area contributed by atoms with E-state index in [1.165, 1.54) is 6.07 Å². The molecule has 2 atom stereocenters. The molecule has 0 spiro atoms. The number of hydrogen-bond acceptors (Lipinski definition) is 5. The fraction of sp³-hybridized carbons (Fsp3) is 0.417. The molecule has 1 aliphatic heterocycles. The zero-order valence-corrected chi connectivity index (χ0v) is 11.1. The number of benzene rings is 1. The van der Waals surface area contributed by atoms with Crippen LogP contribution in [0, 0.1) is 18.3 Å². The van der Waals surface area contributed by atoms with Gasteiger partial charge in [-0.05, 0) is 24.6 Å². The summed E-state index contributed by atoms with van der Waals surface area (Å²) in [5, 5.41) is 27.7. The van der Waals surface area contributed by atoms with E-state index >= 15 is 0 Å². The zero-order chi connectivity index (χ0) is 14.2. The van der Waals surface area contributed by atoms with E-state index in [-0.39, 0.29) is 23.5 Å². The van der Waals surface area contributed by atoms with Crippen LogP contribution in [0.25, 0.3) is 0 Å². The fourth-order valence-electron chi connectivity index (χ4n) is 2.02. The van der Waals surface area contributed by atoms with Crippen LogP contribution < -0.4 is 0 Å². The highest BCUT2D eigenvalue weighted by molar-refractivity contribution is 7.89. The number of β-amino-alcohol motifs (C(OH)–C–C–N with tert-alkyl or cyclic N) is 2. The molecule has 2 N–H and O–H groups in total. The van der Waals surface area contributed by atoms with Gasteiger partial charge in [0.1, 0.15) is 0 Å². The maximum Gasteiger partial charge on any atom is 0.243 e. The van der Waals surface area contributed by atoms with Crippen LogP contribution in [0.5, 0.6) is 0 Å². The minimum absolute atomic E-state index is 0.0350. The first-order valence-electron chi connectivity index (χ1n) is 5.73. The van der Waals surface area contributed by atoms with Crippen molar-refractivity contribution < 1.29 is 18.6 Å². The minimum atomic E-state index is -3.81. The summed E-state index contributed by atoms with van der Waals surface area (Å²) in [7, 11) is -3.81. The van der Waals surface area contributed by atoms with E-state index in [0.717, 1.165) is 4.31 Å². The molecule has 0 unspecified atom stereocenters. The molecule has 0 aliphatic carbocycles. The lowest BCUT2D eigenvalue weighted by Crippen LogP contribution is -2.30. The zero-order valence-electron chi connectivity index (χ0n) is 10.3. The van der Waals surface area contributed by atoms with Crippen molar-refractivity contribution >= 4 is 10.0 Å². The van der Waals surface area contributed by atoms with Gasteiger partial charge in [-0.25, -0.2) is 8.42 Å². The number of hydrogen-bond donors (Lipinski definition) is 2. The van der Waals surface area contributed by atoms with Crippen LogP contribution in [0.4, 0.5) is 0 Å². The Labute approximate surface area is 111 Å². The van der Waals surface area contributed by atoms with Crippen molar-refractivity contribution in [2.45, 2.75) is 24.0 Å². The Hall–Kier alpha value is -1.46. The molecule has 7 heteroatoms. The number of aryl methyl sites for hydroxylation is 1.